The molecule has 3 aromatic heterocycles. The maximum absolute atomic E-state index is 12.6. The predicted molar refractivity (Wildman–Crippen MR) is 89.4 cm³/mol. The van der Waals surface area contributed by atoms with Crippen molar-refractivity contribution in [1.29, 1.82) is 0 Å². The summed E-state index contributed by atoms with van der Waals surface area (Å²) < 4.78 is 8.17. The molecular weight excluding hydrogens is 338 g/mol. The van der Waals surface area contributed by atoms with Crippen LogP contribution in [0.2, 0.25) is 0 Å². The number of aromatic amines is 1. The average molecular weight is 357 g/mol. The molecule has 0 bridgehead atoms. The highest BCUT2D eigenvalue weighted by Crippen LogP contribution is 2.31. The van der Waals surface area contributed by atoms with Crippen molar-refractivity contribution >= 4 is 5.91 Å². The van der Waals surface area contributed by atoms with Crippen LogP contribution < -0.4 is 5.76 Å². The Kier molecular flexibility index (Phi) is 3.94. The summed E-state index contributed by atoms with van der Waals surface area (Å²) in [5.74, 6) is -0.908. The molecule has 4 rings (SSSR count). The van der Waals surface area contributed by atoms with Crippen LogP contribution in [0, 0.1) is 6.92 Å². The van der Waals surface area contributed by atoms with Crippen LogP contribution in [0.3, 0.4) is 0 Å². The van der Waals surface area contributed by atoms with Crippen molar-refractivity contribution < 1.29 is 9.21 Å². The number of likely N-dealkylation sites (tertiary alicyclic amines) is 1. The van der Waals surface area contributed by atoms with Crippen molar-refractivity contribution in [3.8, 4) is 0 Å². The molecule has 0 aliphatic carbocycles. The first-order chi connectivity index (χ1) is 12.5. The van der Waals surface area contributed by atoms with Gasteiger partial charge in [-0.3, -0.25) is 14.5 Å². The predicted octanol–water partition coefficient (Wildman–Crippen LogP) is 0.627. The highest BCUT2D eigenvalue weighted by molar-refractivity contribution is 5.92. The van der Waals surface area contributed by atoms with E-state index in [9.17, 15) is 9.59 Å². The van der Waals surface area contributed by atoms with E-state index in [4.69, 9.17) is 0 Å². The lowest BCUT2D eigenvalue weighted by molar-refractivity contribution is 0.0727. The Labute approximate surface area is 148 Å². The molecule has 0 radical (unpaired) electrons. The Bertz CT molecular complexity index is 996. The number of carbonyl (C=O) groups is 1. The van der Waals surface area contributed by atoms with Crippen LogP contribution in [0.25, 0.3) is 0 Å². The van der Waals surface area contributed by atoms with Gasteiger partial charge in [-0.15, -0.1) is 5.10 Å². The molecule has 136 valence electrons. The smallest absolute Gasteiger partial charge is 0.416 e. The van der Waals surface area contributed by atoms with Crippen molar-refractivity contribution in [3.63, 3.8) is 0 Å². The minimum atomic E-state index is -0.638. The topological polar surface area (TPSA) is 115 Å². The molecule has 1 aliphatic heterocycles. The Morgan fingerprint density at radius 3 is 2.96 bits per heavy atom. The van der Waals surface area contributed by atoms with Crippen molar-refractivity contribution in [1.82, 2.24) is 34.7 Å². The monoisotopic (exact) mass is 357 g/mol. The molecule has 1 N–H and O–H groups in total. The standard InChI is InChI=1S/C16H19N7O3/c1-10-6-21(2)19-11(10)7-22-8-12(18-20-22)14-4-3-5-23(14)15(24)13-9-26-16(25)17-13/h6,8-9,14H,3-5,7H2,1-2H3,(H,17,25). The lowest BCUT2D eigenvalue weighted by Gasteiger charge is -2.21. The van der Waals surface area contributed by atoms with E-state index in [0.29, 0.717) is 13.1 Å². The van der Waals surface area contributed by atoms with Crippen LogP contribution >= 0.6 is 0 Å². The molecule has 10 nitrogen and oxygen atoms in total. The summed E-state index contributed by atoms with van der Waals surface area (Å²) in [5.41, 5.74) is 2.90. The summed E-state index contributed by atoms with van der Waals surface area (Å²) in [7, 11) is 1.88. The van der Waals surface area contributed by atoms with E-state index in [1.54, 1.807) is 14.3 Å². The van der Waals surface area contributed by atoms with E-state index in [1.165, 1.54) is 0 Å². The fourth-order valence-corrected chi connectivity index (χ4v) is 3.36. The van der Waals surface area contributed by atoms with Crippen molar-refractivity contribution in [2.75, 3.05) is 6.54 Å². The zero-order valence-electron chi connectivity index (χ0n) is 14.5. The summed E-state index contributed by atoms with van der Waals surface area (Å²) in [4.78, 5) is 27.9. The largest absolute Gasteiger partial charge is 0.416 e. The summed E-state index contributed by atoms with van der Waals surface area (Å²) in [5, 5.41) is 12.8. The number of oxazole rings is 1. The Balaban J connectivity index is 1.53. The van der Waals surface area contributed by atoms with Crippen LogP contribution in [0.5, 0.6) is 0 Å². The van der Waals surface area contributed by atoms with Gasteiger partial charge < -0.3 is 9.32 Å². The van der Waals surface area contributed by atoms with Crippen LogP contribution in [0.4, 0.5) is 0 Å². The van der Waals surface area contributed by atoms with Gasteiger partial charge in [0.2, 0.25) is 0 Å². The highest BCUT2D eigenvalue weighted by Gasteiger charge is 2.33. The number of nitrogens with one attached hydrogen (secondary N) is 1. The molecule has 1 unspecified atom stereocenters. The van der Waals surface area contributed by atoms with E-state index in [2.05, 4.69) is 24.8 Å². The molecular formula is C16H19N7O3. The zero-order valence-corrected chi connectivity index (χ0v) is 14.5. The Morgan fingerprint density at radius 2 is 2.27 bits per heavy atom. The minimum Gasteiger partial charge on any atom is -0.416 e. The van der Waals surface area contributed by atoms with Crippen LogP contribution in [0.1, 0.15) is 46.3 Å². The fourth-order valence-electron chi connectivity index (χ4n) is 3.36. The molecule has 0 saturated carbocycles. The van der Waals surface area contributed by atoms with Gasteiger partial charge in [0.05, 0.1) is 24.5 Å². The lowest BCUT2D eigenvalue weighted by Crippen LogP contribution is -2.31. The number of amides is 1. The normalized spacial score (nSPS) is 17.2. The van der Waals surface area contributed by atoms with E-state index in [0.717, 1.165) is 36.1 Å². The van der Waals surface area contributed by atoms with Gasteiger partial charge in [0.25, 0.3) is 5.91 Å². The van der Waals surface area contributed by atoms with Gasteiger partial charge in [0.1, 0.15) is 17.7 Å². The van der Waals surface area contributed by atoms with Gasteiger partial charge in [0, 0.05) is 19.8 Å². The third kappa shape index (κ3) is 2.93. The third-order valence-electron chi connectivity index (χ3n) is 4.59. The second-order valence-electron chi connectivity index (χ2n) is 6.49. The number of aryl methyl sites for hydroxylation is 2. The summed E-state index contributed by atoms with van der Waals surface area (Å²) in [6, 6.07) is -0.167. The number of hydrogen-bond donors (Lipinski definition) is 1. The molecule has 10 heteroatoms. The van der Waals surface area contributed by atoms with E-state index in [-0.39, 0.29) is 17.6 Å². The zero-order chi connectivity index (χ0) is 18.3. The SMILES string of the molecule is Cc1cn(C)nc1Cn1cc(C2CCCN2C(=O)c2coc(=O)[nH]2)nn1. The van der Waals surface area contributed by atoms with Gasteiger partial charge in [-0.25, -0.2) is 9.48 Å². The molecule has 1 atom stereocenters. The maximum Gasteiger partial charge on any atom is 0.416 e. The van der Waals surface area contributed by atoms with E-state index >= 15 is 0 Å². The van der Waals surface area contributed by atoms with Crippen molar-refractivity contribution in [3.05, 3.63) is 51.9 Å². The molecule has 26 heavy (non-hydrogen) atoms. The second kappa shape index (κ2) is 6.28. The highest BCUT2D eigenvalue weighted by atomic mass is 16.4. The average Bonchev–Trinajstić information content (AvgIpc) is 3.36. The summed E-state index contributed by atoms with van der Waals surface area (Å²) in [6.07, 6.45) is 6.62. The summed E-state index contributed by atoms with van der Waals surface area (Å²) >= 11 is 0. The lowest BCUT2D eigenvalue weighted by atomic mass is 10.1. The van der Waals surface area contributed by atoms with Crippen LogP contribution in [-0.4, -0.2) is 47.1 Å². The molecule has 4 heterocycles. The first kappa shape index (κ1) is 16.3. The first-order valence-electron chi connectivity index (χ1n) is 8.39. The Morgan fingerprint density at radius 1 is 1.42 bits per heavy atom. The summed E-state index contributed by atoms with van der Waals surface area (Å²) in [6.45, 7) is 3.13. The molecule has 0 spiro atoms. The number of rotatable bonds is 4. The molecule has 1 amide bonds. The number of aromatic nitrogens is 6. The van der Waals surface area contributed by atoms with Gasteiger partial charge >= 0.3 is 5.76 Å². The van der Waals surface area contributed by atoms with Crippen LogP contribution in [-0.2, 0) is 13.6 Å². The minimum absolute atomic E-state index is 0.151. The van der Waals surface area contributed by atoms with Crippen molar-refractivity contribution in [2.45, 2.75) is 32.4 Å². The van der Waals surface area contributed by atoms with Gasteiger partial charge in [-0.2, -0.15) is 5.10 Å². The quantitative estimate of drug-likeness (QED) is 0.732. The molecule has 0 aromatic carbocycles. The van der Waals surface area contributed by atoms with E-state index < -0.39 is 5.76 Å². The molecule has 1 aliphatic rings. The first-order valence-corrected chi connectivity index (χ1v) is 8.39. The van der Waals surface area contributed by atoms with Crippen LogP contribution in [0.15, 0.2) is 27.9 Å². The molecule has 3 aromatic rings. The number of hydrogen-bond acceptors (Lipinski definition) is 6. The number of carbonyl (C=O) groups excluding carboxylic acids is 1. The number of nitrogens with zero attached hydrogens (tertiary/aromatic N) is 6. The molecule has 1 saturated heterocycles. The third-order valence-corrected chi connectivity index (χ3v) is 4.59. The maximum atomic E-state index is 12.6. The molecule has 1 fully saturated rings. The number of H-pyrrole nitrogens is 1. The van der Waals surface area contributed by atoms with Gasteiger partial charge in [-0.1, -0.05) is 5.21 Å². The van der Waals surface area contributed by atoms with Gasteiger partial charge in [-0.05, 0) is 25.3 Å². The second-order valence-corrected chi connectivity index (χ2v) is 6.49. The van der Waals surface area contributed by atoms with Gasteiger partial charge in [0.15, 0.2) is 0 Å². The fraction of sp³-hybridized carbons (Fsp3) is 0.438. The van der Waals surface area contributed by atoms with E-state index in [1.807, 2.05) is 26.4 Å². The van der Waals surface area contributed by atoms with Crippen molar-refractivity contribution in [2.24, 2.45) is 7.05 Å². The Hall–Kier alpha value is -3.17.